The van der Waals surface area contributed by atoms with E-state index in [1.807, 2.05) is 0 Å². The summed E-state index contributed by atoms with van der Waals surface area (Å²) in [5.74, 6) is -4.46. The number of nitrogens with one attached hydrogen (secondary N) is 1. The molecule has 0 aromatic carbocycles. The van der Waals surface area contributed by atoms with Crippen LogP contribution in [-0.2, 0) is 19.2 Å². The van der Waals surface area contributed by atoms with Crippen LogP contribution in [0.15, 0.2) is 0 Å². The van der Waals surface area contributed by atoms with Crippen LogP contribution >= 0.6 is 0 Å². The molecule has 8 heteroatoms. The Morgan fingerprint density at radius 2 is 1.90 bits per heavy atom. The van der Waals surface area contributed by atoms with E-state index >= 15 is 0 Å². The van der Waals surface area contributed by atoms with Gasteiger partial charge < -0.3 is 20.4 Å². The molecule has 1 rings (SSSR count). The third kappa shape index (κ3) is 3.69. The van der Waals surface area contributed by atoms with Crippen molar-refractivity contribution in [3.05, 3.63) is 0 Å². The number of amides is 2. The van der Waals surface area contributed by atoms with Gasteiger partial charge in [0.1, 0.15) is 12.1 Å². The van der Waals surface area contributed by atoms with E-state index in [-0.39, 0.29) is 13.0 Å². The summed E-state index contributed by atoms with van der Waals surface area (Å²) in [5, 5.41) is 20.0. The minimum atomic E-state index is -1.23. The number of hydrogen-bond donors (Lipinski definition) is 3. The zero-order chi connectivity index (χ0) is 15.3. The van der Waals surface area contributed by atoms with E-state index in [1.165, 1.54) is 0 Å². The maximum atomic E-state index is 11.9. The van der Waals surface area contributed by atoms with E-state index in [1.54, 1.807) is 6.92 Å². The van der Waals surface area contributed by atoms with Crippen molar-refractivity contribution in [2.45, 2.75) is 44.7 Å². The molecule has 112 valence electrons. The van der Waals surface area contributed by atoms with Crippen LogP contribution in [0.1, 0.15) is 32.6 Å². The van der Waals surface area contributed by atoms with Gasteiger partial charge in [-0.3, -0.25) is 9.59 Å². The lowest BCUT2D eigenvalue weighted by atomic mass is 10.0. The number of carboxylic acid groups (broad SMARTS) is 2. The Labute approximate surface area is 115 Å². The minimum absolute atomic E-state index is 0.136. The van der Waals surface area contributed by atoms with Gasteiger partial charge in [0.25, 0.3) is 0 Å². The van der Waals surface area contributed by atoms with Crippen LogP contribution in [0.4, 0.5) is 0 Å². The number of rotatable bonds is 4. The Kier molecular flexibility index (Phi) is 5.48. The van der Waals surface area contributed by atoms with Crippen molar-refractivity contribution in [2.24, 2.45) is 0 Å². The van der Waals surface area contributed by atoms with E-state index in [0.717, 1.165) is 4.90 Å². The van der Waals surface area contributed by atoms with Crippen LogP contribution in [0.2, 0.25) is 0 Å². The third-order valence-corrected chi connectivity index (χ3v) is 3.25. The quantitative estimate of drug-likeness (QED) is 0.595. The van der Waals surface area contributed by atoms with Crippen molar-refractivity contribution in [1.29, 1.82) is 0 Å². The molecule has 0 spiro atoms. The third-order valence-electron chi connectivity index (χ3n) is 3.25. The zero-order valence-corrected chi connectivity index (χ0v) is 11.2. The summed E-state index contributed by atoms with van der Waals surface area (Å²) in [5.41, 5.74) is 0. The average Bonchev–Trinajstić information content (AvgIpc) is 2.43. The fraction of sp³-hybridized carbons (Fsp3) is 0.667. The van der Waals surface area contributed by atoms with Crippen molar-refractivity contribution in [3.63, 3.8) is 0 Å². The first kappa shape index (κ1) is 15.9. The van der Waals surface area contributed by atoms with Crippen molar-refractivity contribution in [1.82, 2.24) is 10.2 Å². The highest BCUT2D eigenvalue weighted by Gasteiger charge is 2.35. The fourth-order valence-corrected chi connectivity index (χ4v) is 2.12. The van der Waals surface area contributed by atoms with Crippen molar-refractivity contribution in [2.75, 3.05) is 6.54 Å². The first-order valence-corrected chi connectivity index (χ1v) is 6.45. The summed E-state index contributed by atoms with van der Waals surface area (Å²) in [4.78, 5) is 46.5. The van der Waals surface area contributed by atoms with Gasteiger partial charge in [-0.25, -0.2) is 9.59 Å². The van der Waals surface area contributed by atoms with Gasteiger partial charge in [0.2, 0.25) is 0 Å². The molecule has 8 nitrogen and oxygen atoms in total. The second kappa shape index (κ2) is 6.88. The second-order valence-corrected chi connectivity index (χ2v) is 4.62. The second-order valence-electron chi connectivity index (χ2n) is 4.62. The summed E-state index contributed by atoms with van der Waals surface area (Å²) in [7, 11) is 0. The molecule has 1 saturated heterocycles. The molecule has 3 N–H and O–H groups in total. The van der Waals surface area contributed by atoms with Gasteiger partial charge in [0.05, 0.1) is 0 Å². The SMILES string of the molecule is CC[C@H](NC(=O)C(=O)N1CCCC[C@H]1C(=O)O)C(=O)O. The number of carbonyl (C=O) groups excluding carboxylic acids is 2. The first-order valence-electron chi connectivity index (χ1n) is 6.45. The largest absolute Gasteiger partial charge is 0.480 e. The molecule has 1 aliphatic rings. The van der Waals surface area contributed by atoms with Gasteiger partial charge in [-0.15, -0.1) is 0 Å². The highest BCUT2D eigenvalue weighted by molar-refractivity contribution is 6.35. The van der Waals surface area contributed by atoms with Crippen molar-refractivity contribution in [3.8, 4) is 0 Å². The number of carboxylic acids is 2. The van der Waals surface area contributed by atoms with Crippen LogP contribution < -0.4 is 5.32 Å². The Balaban J connectivity index is 2.74. The van der Waals surface area contributed by atoms with E-state index in [2.05, 4.69) is 5.32 Å². The number of likely N-dealkylation sites (tertiary alicyclic amines) is 1. The van der Waals surface area contributed by atoms with Gasteiger partial charge in [0, 0.05) is 6.54 Å². The van der Waals surface area contributed by atoms with Crippen LogP contribution in [0.25, 0.3) is 0 Å². The van der Waals surface area contributed by atoms with E-state index in [9.17, 15) is 19.2 Å². The summed E-state index contributed by atoms with van der Waals surface area (Å²) >= 11 is 0. The Morgan fingerprint density at radius 1 is 1.25 bits per heavy atom. The zero-order valence-electron chi connectivity index (χ0n) is 11.2. The molecule has 0 saturated carbocycles. The van der Waals surface area contributed by atoms with E-state index in [4.69, 9.17) is 10.2 Å². The van der Waals surface area contributed by atoms with Gasteiger partial charge >= 0.3 is 23.8 Å². The molecule has 1 fully saturated rings. The number of nitrogens with zero attached hydrogens (tertiary/aromatic N) is 1. The number of aliphatic carboxylic acids is 2. The highest BCUT2D eigenvalue weighted by atomic mass is 16.4. The molecule has 0 aliphatic carbocycles. The van der Waals surface area contributed by atoms with Crippen LogP contribution in [0, 0.1) is 0 Å². The predicted octanol–water partition coefficient (Wildman–Crippen LogP) is -0.568. The van der Waals surface area contributed by atoms with E-state index < -0.39 is 35.8 Å². The van der Waals surface area contributed by atoms with Gasteiger partial charge in [-0.1, -0.05) is 6.92 Å². The molecule has 0 aromatic heterocycles. The topological polar surface area (TPSA) is 124 Å². The van der Waals surface area contributed by atoms with Crippen LogP contribution in [0.5, 0.6) is 0 Å². The normalized spacial score (nSPS) is 20.1. The maximum absolute atomic E-state index is 11.9. The summed E-state index contributed by atoms with van der Waals surface area (Å²) in [6.07, 6.45) is 1.73. The minimum Gasteiger partial charge on any atom is -0.480 e. The molecule has 0 aromatic rings. The van der Waals surface area contributed by atoms with Gasteiger partial charge in [-0.2, -0.15) is 0 Å². The maximum Gasteiger partial charge on any atom is 0.326 e. The molecule has 0 bridgehead atoms. The lowest BCUT2D eigenvalue weighted by Gasteiger charge is -2.32. The van der Waals surface area contributed by atoms with Gasteiger partial charge in [0.15, 0.2) is 0 Å². The molecule has 0 unspecified atom stereocenters. The molecule has 2 atom stereocenters. The van der Waals surface area contributed by atoms with Crippen LogP contribution in [-0.4, -0.2) is 57.5 Å². The van der Waals surface area contributed by atoms with Crippen LogP contribution in [0.3, 0.4) is 0 Å². The molecule has 2 amide bonds. The molecular formula is C12H18N2O6. The van der Waals surface area contributed by atoms with Gasteiger partial charge in [-0.05, 0) is 25.7 Å². The molecular weight excluding hydrogens is 268 g/mol. The predicted molar refractivity (Wildman–Crippen MR) is 66.8 cm³/mol. The van der Waals surface area contributed by atoms with Crippen molar-refractivity contribution >= 4 is 23.8 Å². The molecule has 1 aliphatic heterocycles. The first-order chi connectivity index (χ1) is 9.38. The summed E-state index contributed by atoms with van der Waals surface area (Å²) in [6, 6.07) is -2.17. The molecule has 20 heavy (non-hydrogen) atoms. The average molecular weight is 286 g/mol. The van der Waals surface area contributed by atoms with Crippen molar-refractivity contribution < 1.29 is 29.4 Å². The number of piperidine rings is 1. The lowest BCUT2D eigenvalue weighted by molar-refractivity contribution is -0.157. The molecule has 0 radical (unpaired) electrons. The number of hydrogen-bond acceptors (Lipinski definition) is 4. The summed E-state index contributed by atoms with van der Waals surface area (Å²) < 4.78 is 0. The summed E-state index contributed by atoms with van der Waals surface area (Å²) in [6.45, 7) is 1.75. The Morgan fingerprint density at radius 3 is 2.40 bits per heavy atom. The monoisotopic (exact) mass is 286 g/mol. The molecule has 1 heterocycles. The Bertz CT molecular complexity index is 422. The standard InChI is InChI=1S/C12H18N2O6/c1-2-7(11(17)18)13-9(15)10(16)14-6-4-3-5-8(14)12(19)20/h7-8H,2-6H2,1H3,(H,13,15)(H,17,18)(H,19,20)/t7-,8-/m0/s1. The highest BCUT2D eigenvalue weighted by Crippen LogP contribution is 2.17. The fourth-order valence-electron chi connectivity index (χ4n) is 2.12. The van der Waals surface area contributed by atoms with E-state index in [0.29, 0.717) is 19.3 Å². The lowest BCUT2D eigenvalue weighted by Crippen LogP contribution is -2.54. The smallest absolute Gasteiger partial charge is 0.326 e. The number of carbonyl (C=O) groups is 4. The Hall–Kier alpha value is -2.12.